The van der Waals surface area contributed by atoms with Crippen LogP contribution in [0.5, 0.6) is 0 Å². The standard InChI is InChI=1S/C10H18N4/c1-14-10(7-12-13-14)9(11)6-8-4-2-3-5-8/h7-9H,2-6,11H2,1H3. The Hall–Kier alpha value is -0.900. The van der Waals surface area contributed by atoms with E-state index in [1.54, 1.807) is 10.9 Å². The smallest absolute Gasteiger partial charge is 0.0751 e. The average molecular weight is 194 g/mol. The predicted molar refractivity (Wildman–Crippen MR) is 54.5 cm³/mol. The number of hydrogen-bond acceptors (Lipinski definition) is 3. The fourth-order valence-corrected chi connectivity index (χ4v) is 2.36. The highest BCUT2D eigenvalue weighted by Crippen LogP contribution is 2.31. The molecule has 1 aliphatic carbocycles. The zero-order valence-electron chi connectivity index (χ0n) is 8.69. The molecule has 1 fully saturated rings. The lowest BCUT2D eigenvalue weighted by Gasteiger charge is -2.15. The van der Waals surface area contributed by atoms with Crippen molar-refractivity contribution in [3.63, 3.8) is 0 Å². The summed E-state index contributed by atoms with van der Waals surface area (Å²) in [4.78, 5) is 0. The van der Waals surface area contributed by atoms with Crippen LogP contribution in [-0.4, -0.2) is 15.0 Å². The van der Waals surface area contributed by atoms with Crippen LogP contribution in [0.25, 0.3) is 0 Å². The Bertz CT molecular complexity index is 288. The van der Waals surface area contributed by atoms with Gasteiger partial charge in [-0.25, -0.2) is 0 Å². The summed E-state index contributed by atoms with van der Waals surface area (Å²) in [6.07, 6.45) is 8.31. The van der Waals surface area contributed by atoms with Gasteiger partial charge in [0.1, 0.15) is 0 Å². The van der Waals surface area contributed by atoms with Gasteiger partial charge in [-0.1, -0.05) is 30.9 Å². The molecule has 1 saturated carbocycles. The lowest BCUT2D eigenvalue weighted by atomic mass is 9.97. The number of hydrogen-bond donors (Lipinski definition) is 1. The molecule has 0 aliphatic heterocycles. The summed E-state index contributed by atoms with van der Waals surface area (Å²) in [5.74, 6) is 0.819. The molecule has 0 spiro atoms. The summed E-state index contributed by atoms with van der Waals surface area (Å²) in [5, 5.41) is 7.75. The topological polar surface area (TPSA) is 56.7 Å². The molecule has 0 saturated heterocycles. The largest absolute Gasteiger partial charge is 0.323 e. The van der Waals surface area contributed by atoms with Crippen molar-refractivity contribution in [2.45, 2.75) is 38.1 Å². The molecule has 14 heavy (non-hydrogen) atoms. The quantitative estimate of drug-likeness (QED) is 0.791. The number of nitrogens with zero attached hydrogens (tertiary/aromatic N) is 3. The molecule has 0 amide bonds. The lowest BCUT2D eigenvalue weighted by Crippen LogP contribution is -2.17. The van der Waals surface area contributed by atoms with Crippen LogP contribution in [0.4, 0.5) is 0 Å². The molecular formula is C10H18N4. The summed E-state index contributed by atoms with van der Waals surface area (Å²) in [7, 11) is 1.90. The van der Waals surface area contributed by atoms with Gasteiger partial charge < -0.3 is 5.73 Å². The molecule has 1 aliphatic rings. The first-order valence-corrected chi connectivity index (χ1v) is 5.37. The predicted octanol–water partition coefficient (Wildman–Crippen LogP) is 1.40. The minimum absolute atomic E-state index is 0.109. The number of nitrogens with two attached hydrogens (primary N) is 1. The minimum Gasteiger partial charge on any atom is -0.323 e. The van der Waals surface area contributed by atoms with E-state index in [0.717, 1.165) is 18.0 Å². The Morgan fingerprint density at radius 1 is 1.57 bits per heavy atom. The van der Waals surface area contributed by atoms with Gasteiger partial charge in [-0.3, -0.25) is 4.68 Å². The highest BCUT2D eigenvalue weighted by atomic mass is 15.4. The third-order valence-electron chi connectivity index (χ3n) is 3.19. The minimum atomic E-state index is 0.109. The molecule has 1 aromatic rings. The van der Waals surface area contributed by atoms with Gasteiger partial charge in [0, 0.05) is 13.1 Å². The highest BCUT2D eigenvalue weighted by molar-refractivity contribution is 5.01. The van der Waals surface area contributed by atoms with Gasteiger partial charge in [-0.05, 0) is 12.3 Å². The van der Waals surface area contributed by atoms with E-state index in [1.165, 1.54) is 25.7 Å². The van der Waals surface area contributed by atoms with E-state index in [9.17, 15) is 0 Å². The second kappa shape index (κ2) is 4.09. The van der Waals surface area contributed by atoms with Crippen molar-refractivity contribution in [2.75, 3.05) is 0 Å². The Morgan fingerprint density at radius 3 is 2.86 bits per heavy atom. The van der Waals surface area contributed by atoms with Crippen molar-refractivity contribution in [1.82, 2.24) is 15.0 Å². The zero-order valence-corrected chi connectivity index (χ0v) is 8.69. The van der Waals surface area contributed by atoms with Crippen LogP contribution in [0.15, 0.2) is 6.20 Å². The molecule has 0 bridgehead atoms. The van der Waals surface area contributed by atoms with E-state index < -0.39 is 0 Å². The molecule has 1 aromatic heterocycles. The molecule has 0 radical (unpaired) electrons. The van der Waals surface area contributed by atoms with Crippen LogP contribution < -0.4 is 5.73 Å². The van der Waals surface area contributed by atoms with Gasteiger partial charge in [0.15, 0.2) is 0 Å². The van der Waals surface area contributed by atoms with Crippen LogP contribution in [0.3, 0.4) is 0 Å². The molecule has 2 N–H and O–H groups in total. The number of rotatable bonds is 3. The molecule has 2 rings (SSSR count). The Kier molecular flexibility index (Phi) is 2.82. The van der Waals surface area contributed by atoms with Crippen molar-refractivity contribution in [1.29, 1.82) is 0 Å². The maximum absolute atomic E-state index is 6.12. The van der Waals surface area contributed by atoms with Gasteiger partial charge in [0.2, 0.25) is 0 Å². The Labute approximate surface area is 84.5 Å². The highest BCUT2D eigenvalue weighted by Gasteiger charge is 2.20. The monoisotopic (exact) mass is 194 g/mol. The summed E-state index contributed by atoms with van der Waals surface area (Å²) in [6, 6.07) is 0.109. The maximum Gasteiger partial charge on any atom is 0.0751 e. The van der Waals surface area contributed by atoms with Crippen molar-refractivity contribution in [2.24, 2.45) is 18.7 Å². The number of aryl methyl sites for hydroxylation is 1. The molecule has 0 aromatic carbocycles. The molecule has 1 heterocycles. The molecular weight excluding hydrogens is 176 g/mol. The fourth-order valence-electron chi connectivity index (χ4n) is 2.36. The van der Waals surface area contributed by atoms with Crippen LogP contribution in [0, 0.1) is 5.92 Å². The Balaban J connectivity index is 1.95. The third kappa shape index (κ3) is 1.95. The molecule has 4 nitrogen and oxygen atoms in total. The second-order valence-electron chi connectivity index (χ2n) is 4.28. The van der Waals surface area contributed by atoms with E-state index in [0.29, 0.717) is 0 Å². The van der Waals surface area contributed by atoms with Crippen LogP contribution in [0.2, 0.25) is 0 Å². The van der Waals surface area contributed by atoms with Crippen LogP contribution in [0.1, 0.15) is 43.8 Å². The summed E-state index contributed by atoms with van der Waals surface area (Å²) in [5.41, 5.74) is 7.17. The van der Waals surface area contributed by atoms with E-state index in [-0.39, 0.29) is 6.04 Å². The van der Waals surface area contributed by atoms with Crippen LogP contribution in [-0.2, 0) is 7.05 Å². The van der Waals surface area contributed by atoms with Crippen LogP contribution >= 0.6 is 0 Å². The molecule has 1 unspecified atom stereocenters. The average Bonchev–Trinajstić information content (AvgIpc) is 2.75. The number of aromatic nitrogens is 3. The summed E-state index contributed by atoms with van der Waals surface area (Å²) in [6.45, 7) is 0. The third-order valence-corrected chi connectivity index (χ3v) is 3.19. The van der Waals surface area contributed by atoms with Gasteiger partial charge in [0.25, 0.3) is 0 Å². The van der Waals surface area contributed by atoms with E-state index >= 15 is 0 Å². The van der Waals surface area contributed by atoms with E-state index in [4.69, 9.17) is 5.73 Å². The molecule has 1 atom stereocenters. The van der Waals surface area contributed by atoms with Gasteiger partial charge in [-0.15, -0.1) is 5.10 Å². The van der Waals surface area contributed by atoms with Crippen molar-refractivity contribution >= 4 is 0 Å². The van der Waals surface area contributed by atoms with E-state index in [1.807, 2.05) is 7.05 Å². The lowest BCUT2D eigenvalue weighted by molar-refractivity contribution is 0.436. The Morgan fingerprint density at radius 2 is 2.29 bits per heavy atom. The second-order valence-corrected chi connectivity index (χ2v) is 4.28. The first-order chi connectivity index (χ1) is 6.77. The zero-order chi connectivity index (χ0) is 9.97. The molecule has 78 valence electrons. The first kappa shape index (κ1) is 9.65. The van der Waals surface area contributed by atoms with E-state index in [2.05, 4.69) is 10.3 Å². The van der Waals surface area contributed by atoms with Crippen molar-refractivity contribution < 1.29 is 0 Å². The maximum atomic E-state index is 6.12. The summed E-state index contributed by atoms with van der Waals surface area (Å²) >= 11 is 0. The van der Waals surface area contributed by atoms with Gasteiger partial charge >= 0.3 is 0 Å². The fraction of sp³-hybridized carbons (Fsp3) is 0.800. The van der Waals surface area contributed by atoms with Crippen molar-refractivity contribution in [3.8, 4) is 0 Å². The van der Waals surface area contributed by atoms with Crippen molar-refractivity contribution in [3.05, 3.63) is 11.9 Å². The summed E-state index contributed by atoms with van der Waals surface area (Å²) < 4.78 is 1.78. The van der Waals surface area contributed by atoms with Gasteiger partial charge in [-0.2, -0.15) is 0 Å². The first-order valence-electron chi connectivity index (χ1n) is 5.37. The van der Waals surface area contributed by atoms with Gasteiger partial charge in [0.05, 0.1) is 11.9 Å². The normalized spacial score (nSPS) is 20.1. The molecule has 4 heteroatoms. The SMILES string of the molecule is Cn1nncc1C(N)CC1CCCC1.